The summed E-state index contributed by atoms with van der Waals surface area (Å²) >= 11 is 0. The number of aromatic hydroxyl groups is 1. The fourth-order valence-electron chi connectivity index (χ4n) is 4.36. The van der Waals surface area contributed by atoms with E-state index in [2.05, 4.69) is 24.0 Å². The van der Waals surface area contributed by atoms with E-state index in [0.29, 0.717) is 17.9 Å². The van der Waals surface area contributed by atoms with Crippen LogP contribution in [0.2, 0.25) is 0 Å². The highest BCUT2D eigenvalue weighted by atomic mass is 16.5. The van der Waals surface area contributed by atoms with Gasteiger partial charge < -0.3 is 14.7 Å². The third kappa shape index (κ3) is 4.78. The number of piperidine rings is 1. The maximum atomic E-state index is 13.5. The second-order valence-electron chi connectivity index (χ2n) is 8.35. The van der Waals surface area contributed by atoms with E-state index in [9.17, 15) is 9.90 Å². The molecule has 166 valence electrons. The average molecular weight is 431 g/mol. The van der Waals surface area contributed by atoms with Crippen LogP contribution in [0.15, 0.2) is 72.8 Å². The van der Waals surface area contributed by atoms with Crippen LogP contribution < -0.4 is 9.64 Å². The van der Waals surface area contributed by atoms with Crippen LogP contribution >= 0.6 is 0 Å². The minimum absolute atomic E-state index is 0.0401. The van der Waals surface area contributed by atoms with Crippen LogP contribution in [0.25, 0.3) is 0 Å². The number of hydrogen-bond donors (Lipinski definition) is 1. The first-order valence-electron chi connectivity index (χ1n) is 11.1. The van der Waals surface area contributed by atoms with E-state index in [1.54, 1.807) is 13.2 Å². The van der Waals surface area contributed by atoms with Crippen molar-refractivity contribution in [3.63, 3.8) is 0 Å². The Bertz CT molecular complexity index is 1040. The predicted molar refractivity (Wildman–Crippen MR) is 127 cm³/mol. The fraction of sp³-hybridized carbons (Fsp3) is 0.296. The second kappa shape index (κ2) is 9.88. The number of nitrogens with zero attached hydrogens (tertiary/aromatic N) is 2. The number of aryl methyl sites for hydroxylation is 1. The van der Waals surface area contributed by atoms with E-state index in [-0.39, 0.29) is 17.7 Å². The number of para-hydroxylation sites is 1. The number of amides is 1. The Morgan fingerprint density at radius 2 is 1.69 bits per heavy atom. The molecule has 32 heavy (non-hydrogen) atoms. The highest BCUT2D eigenvalue weighted by molar-refractivity contribution is 6.06. The van der Waals surface area contributed by atoms with Crippen LogP contribution in [0.1, 0.15) is 34.3 Å². The molecule has 5 heteroatoms. The van der Waals surface area contributed by atoms with Crippen LogP contribution in [0, 0.1) is 6.92 Å². The number of carbonyl (C=O) groups excluding carboxylic acids is 1. The van der Waals surface area contributed by atoms with Gasteiger partial charge in [0, 0.05) is 42.5 Å². The van der Waals surface area contributed by atoms with Gasteiger partial charge in [-0.25, -0.2) is 0 Å². The maximum absolute atomic E-state index is 13.5. The molecule has 0 unspecified atom stereocenters. The van der Waals surface area contributed by atoms with Gasteiger partial charge >= 0.3 is 0 Å². The third-order valence-corrected chi connectivity index (χ3v) is 6.17. The molecular weight excluding hydrogens is 400 g/mol. The van der Waals surface area contributed by atoms with Crippen molar-refractivity contribution in [2.45, 2.75) is 32.4 Å². The van der Waals surface area contributed by atoms with Crippen molar-refractivity contribution in [3.05, 3.63) is 89.5 Å². The summed E-state index contributed by atoms with van der Waals surface area (Å²) < 4.78 is 5.24. The van der Waals surface area contributed by atoms with Gasteiger partial charge in [-0.3, -0.25) is 9.69 Å². The van der Waals surface area contributed by atoms with Crippen molar-refractivity contribution in [2.24, 2.45) is 0 Å². The highest BCUT2D eigenvalue weighted by Crippen LogP contribution is 2.32. The quantitative estimate of drug-likeness (QED) is 0.597. The lowest BCUT2D eigenvalue weighted by molar-refractivity contribution is 0.0958. The number of benzene rings is 3. The first-order chi connectivity index (χ1) is 15.6. The smallest absolute Gasteiger partial charge is 0.258 e. The van der Waals surface area contributed by atoms with Crippen molar-refractivity contribution in [1.82, 2.24) is 4.90 Å². The number of phenols is 1. The molecule has 1 amide bonds. The molecule has 0 radical (unpaired) electrons. The number of rotatable bonds is 6. The van der Waals surface area contributed by atoms with E-state index < -0.39 is 0 Å². The van der Waals surface area contributed by atoms with Crippen LogP contribution in [0.5, 0.6) is 11.5 Å². The Hall–Kier alpha value is -3.31. The van der Waals surface area contributed by atoms with Crippen molar-refractivity contribution < 1.29 is 14.6 Å². The normalized spacial score (nSPS) is 14.8. The lowest BCUT2D eigenvalue weighted by Gasteiger charge is -2.39. The molecule has 0 saturated carbocycles. The van der Waals surface area contributed by atoms with E-state index in [1.807, 2.05) is 59.5 Å². The summed E-state index contributed by atoms with van der Waals surface area (Å²) in [6, 6.07) is 23.4. The Morgan fingerprint density at radius 3 is 2.34 bits per heavy atom. The van der Waals surface area contributed by atoms with Gasteiger partial charge in [0.05, 0.1) is 7.11 Å². The van der Waals surface area contributed by atoms with Gasteiger partial charge in [-0.2, -0.15) is 0 Å². The molecule has 1 aliphatic rings. The third-order valence-electron chi connectivity index (χ3n) is 6.17. The zero-order chi connectivity index (χ0) is 22.5. The molecular formula is C27H30N2O3. The van der Waals surface area contributed by atoms with Gasteiger partial charge in [-0.1, -0.05) is 48.0 Å². The molecule has 1 heterocycles. The topological polar surface area (TPSA) is 53.0 Å². The number of carbonyl (C=O) groups is 1. The Labute approximate surface area is 189 Å². The van der Waals surface area contributed by atoms with Gasteiger partial charge in [0.1, 0.15) is 0 Å². The maximum Gasteiger partial charge on any atom is 0.258 e. The molecule has 3 aromatic carbocycles. The van der Waals surface area contributed by atoms with Crippen molar-refractivity contribution in [1.29, 1.82) is 0 Å². The van der Waals surface area contributed by atoms with Crippen LogP contribution in [0.4, 0.5) is 5.69 Å². The number of methoxy groups -OCH3 is 1. The number of phenolic OH excluding ortho intramolecular Hbond substituents is 1. The Kier molecular flexibility index (Phi) is 6.76. The van der Waals surface area contributed by atoms with Crippen molar-refractivity contribution in [3.8, 4) is 11.5 Å². The molecule has 0 bridgehead atoms. The first-order valence-corrected chi connectivity index (χ1v) is 11.1. The monoisotopic (exact) mass is 430 g/mol. The number of hydrogen-bond acceptors (Lipinski definition) is 4. The lowest BCUT2D eigenvalue weighted by atomic mass is 9.99. The van der Waals surface area contributed by atoms with Crippen LogP contribution in [-0.2, 0) is 6.54 Å². The highest BCUT2D eigenvalue weighted by Gasteiger charge is 2.30. The molecule has 4 rings (SSSR count). The average Bonchev–Trinajstić information content (AvgIpc) is 2.83. The summed E-state index contributed by atoms with van der Waals surface area (Å²) in [7, 11) is 1.56. The van der Waals surface area contributed by atoms with Gasteiger partial charge in [-0.05, 0) is 50.1 Å². The summed E-state index contributed by atoms with van der Waals surface area (Å²) in [5, 5.41) is 10.4. The zero-order valence-corrected chi connectivity index (χ0v) is 18.7. The SMILES string of the molecule is COc1cccc(CN2CCC(N(C(=O)c3ccccc3)c3ccc(C)cc3)CC2)c1O. The van der Waals surface area contributed by atoms with Crippen LogP contribution in [0.3, 0.4) is 0 Å². The lowest BCUT2D eigenvalue weighted by Crippen LogP contribution is -2.47. The molecule has 0 spiro atoms. The fourth-order valence-corrected chi connectivity index (χ4v) is 4.36. The molecule has 3 aromatic rings. The number of likely N-dealkylation sites (tertiary alicyclic amines) is 1. The van der Waals surface area contributed by atoms with Crippen LogP contribution in [-0.4, -0.2) is 42.2 Å². The zero-order valence-electron chi connectivity index (χ0n) is 18.7. The van der Waals surface area contributed by atoms with Gasteiger partial charge in [-0.15, -0.1) is 0 Å². The molecule has 0 aromatic heterocycles. The van der Waals surface area contributed by atoms with E-state index in [4.69, 9.17) is 4.74 Å². The molecule has 5 nitrogen and oxygen atoms in total. The predicted octanol–water partition coefficient (Wildman–Crippen LogP) is 5.02. The van der Waals surface area contributed by atoms with Crippen molar-refractivity contribution >= 4 is 11.6 Å². The molecule has 0 aliphatic carbocycles. The Morgan fingerprint density at radius 1 is 1.00 bits per heavy atom. The summed E-state index contributed by atoms with van der Waals surface area (Å²) in [6.45, 7) is 4.42. The molecule has 1 N–H and O–H groups in total. The minimum atomic E-state index is 0.0401. The number of ether oxygens (including phenoxy) is 1. The van der Waals surface area contributed by atoms with Gasteiger partial charge in [0.25, 0.3) is 5.91 Å². The summed E-state index contributed by atoms with van der Waals surface area (Å²) in [4.78, 5) is 17.8. The first kappa shape index (κ1) is 21.9. The summed E-state index contributed by atoms with van der Waals surface area (Å²) in [5.41, 5.74) is 3.68. The minimum Gasteiger partial charge on any atom is -0.504 e. The second-order valence-corrected chi connectivity index (χ2v) is 8.35. The van der Waals surface area contributed by atoms with E-state index in [0.717, 1.165) is 37.2 Å². The van der Waals surface area contributed by atoms with E-state index in [1.165, 1.54) is 5.56 Å². The number of anilines is 1. The summed E-state index contributed by atoms with van der Waals surface area (Å²) in [5.74, 6) is 0.743. The Balaban J connectivity index is 1.50. The largest absolute Gasteiger partial charge is 0.504 e. The molecule has 1 saturated heterocycles. The van der Waals surface area contributed by atoms with Crippen molar-refractivity contribution in [2.75, 3.05) is 25.1 Å². The standard InChI is InChI=1S/C27H30N2O3/c1-20-11-13-23(14-12-20)29(27(31)21-7-4-3-5-8-21)24-15-17-28(18-16-24)19-22-9-6-10-25(32-2)26(22)30/h3-14,24,30H,15-19H2,1-2H3. The molecule has 1 fully saturated rings. The van der Waals surface area contributed by atoms with Gasteiger partial charge in [0.2, 0.25) is 0 Å². The molecule has 0 atom stereocenters. The summed E-state index contributed by atoms with van der Waals surface area (Å²) in [6.07, 6.45) is 1.74. The molecule has 1 aliphatic heterocycles. The van der Waals surface area contributed by atoms with Gasteiger partial charge in [0.15, 0.2) is 11.5 Å². The van der Waals surface area contributed by atoms with E-state index >= 15 is 0 Å².